The average molecular weight is 1280 g/mol. The summed E-state index contributed by atoms with van der Waals surface area (Å²) in [5.41, 5.74) is 0.267. The van der Waals surface area contributed by atoms with Crippen LogP contribution in [0.15, 0.2) is 162 Å². The monoisotopic (exact) mass is 1280 g/mol. The highest BCUT2D eigenvalue weighted by atomic mass is 32.2. The predicted octanol–water partition coefficient (Wildman–Crippen LogP) is 11.4. The van der Waals surface area contributed by atoms with Crippen LogP contribution in [0.1, 0.15) is 0 Å². The van der Waals surface area contributed by atoms with Gasteiger partial charge in [0.2, 0.25) is 0 Å². The van der Waals surface area contributed by atoms with Crippen LogP contribution in [0.4, 0.5) is 62.6 Å². The van der Waals surface area contributed by atoms with Crippen LogP contribution in [-0.4, -0.2) is 83.4 Å². The van der Waals surface area contributed by atoms with Gasteiger partial charge in [-0.2, -0.15) is 39.7 Å². The van der Waals surface area contributed by atoms with E-state index in [1.807, 2.05) is 0 Å². The van der Waals surface area contributed by atoms with Crippen LogP contribution in [0.25, 0.3) is 32.3 Å². The van der Waals surface area contributed by atoms with Crippen molar-refractivity contribution in [1.29, 1.82) is 0 Å². The summed E-state index contributed by atoms with van der Waals surface area (Å²) in [5.74, 6) is -3.36. The highest BCUT2D eigenvalue weighted by molar-refractivity contribution is 7.95. The van der Waals surface area contributed by atoms with Crippen LogP contribution in [0, 0.1) is 20.2 Å². The molecule has 0 saturated heterocycles. The number of nitro benzene ring substituents is 2. The lowest BCUT2D eigenvalue weighted by atomic mass is 10.0. The van der Waals surface area contributed by atoms with E-state index in [-0.39, 0.29) is 72.5 Å². The van der Waals surface area contributed by atoms with Gasteiger partial charge in [-0.3, -0.25) is 38.4 Å². The minimum atomic E-state index is -5.34. The molecule has 0 amide bonds. The number of non-ortho nitro benzene ring substituents is 2. The van der Waals surface area contributed by atoms with Crippen LogP contribution in [0.5, 0.6) is 23.0 Å². The SMILES string of the molecule is Nc1c(N=Nc2ccc3c(O)c(N=Nc4ccc([N+](=O)[O-])cc4SOOO)c(S(=O)(=O)O)cc3c2)c(S(=O)(=O)O)cc2cc(OS(=O)O)c(N=Nc3ccc4c(O)c(N=Nc5ccc([N+](=O)[O-])cc5S(=O)(=O)O)c(SOOO)cc4c3)c(O)c12. The molecule has 42 heteroatoms. The second-order valence-electron chi connectivity index (χ2n) is 16.1. The fourth-order valence-electron chi connectivity index (χ4n) is 7.50. The average Bonchev–Trinajstić information content (AvgIpc) is 1.79. The third kappa shape index (κ3) is 13.3. The normalized spacial score (nSPS) is 12.9. The van der Waals surface area contributed by atoms with Crippen molar-refractivity contribution in [3.8, 4) is 23.0 Å². The zero-order valence-corrected chi connectivity index (χ0v) is 45.2. The minimum absolute atomic E-state index is 0.0362. The van der Waals surface area contributed by atoms with E-state index in [2.05, 4.69) is 59.7 Å². The zero-order chi connectivity index (χ0) is 61.2. The van der Waals surface area contributed by atoms with E-state index in [9.17, 15) is 83.2 Å². The highest BCUT2D eigenvalue weighted by Gasteiger charge is 2.28. The summed E-state index contributed by atoms with van der Waals surface area (Å²) < 4.78 is 141. The van der Waals surface area contributed by atoms with Crippen molar-refractivity contribution in [1.82, 2.24) is 0 Å². The Bertz CT molecular complexity index is 4590. The molecular formula is C42H27N11O25S6. The zero-order valence-electron chi connectivity index (χ0n) is 40.3. The standard InChI is InChI=1S/C42H27N11O25S6/c43-35-34-19(14-32(83(68,69)70)38(35)50-45-21-2-6-25-18(10-21)13-33(84(71,72)73)39(41(25)55)51-46-26-7-3-22(52(57)58)15-29(26)79-77-75-61)11-28(74-81(63)64)36(42(34)56)48-44-20-1-5-24-17(9-20)12-30(80-78-76-62)37(40(24)54)49-47-27-8-4-23(53(59)60)16-31(27)82(65,66)67/h1-16,54-56,61-62H,43H2,(H,63,64)(H,65,66,67)(H,68,69,70)(H,71,72,73). The molecule has 0 saturated carbocycles. The number of hydrogen-bond acceptors (Lipinski definition) is 32. The maximum Gasteiger partial charge on any atom is 0.357 e. The van der Waals surface area contributed by atoms with Gasteiger partial charge in [0.25, 0.3) is 41.7 Å². The van der Waals surface area contributed by atoms with Gasteiger partial charge in [0.1, 0.15) is 43.1 Å². The molecule has 0 spiro atoms. The first-order valence-electron chi connectivity index (χ1n) is 21.6. The molecule has 1 unspecified atom stereocenters. The summed E-state index contributed by atoms with van der Waals surface area (Å²) in [6, 6.07) is 15.7. The molecular weight excluding hydrogens is 1250 g/mol. The molecule has 36 nitrogen and oxygen atoms in total. The Morgan fingerprint density at radius 3 is 1.55 bits per heavy atom. The Labute approximate surface area is 476 Å². The van der Waals surface area contributed by atoms with Crippen molar-refractivity contribution in [2.24, 2.45) is 40.9 Å². The second kappa shape index (κ2) is 24.5. The van der Waals surface area contributed by atoms with Crippen LogP contribution in [0.3, 0.4) is 0 Å². The number of nitrogen functional groups attached to an aromatic ring is 1. The van der Waals surface area contributed by atoms with Gasteiger partial charge in [-0.05, 0) is 89.0 Å². The number of nitrogens with two attached hydrogens (primary N) is 1. The summed E-state index contributed by atoms with van der Waals surface area (Å²) in [6.07, 6.45) is 0. The van der Waals surface area contributed by atoms with Crippen molar-refractivity contribution in [2.45, 2.75) is 24.5 Å². The van der Waals surface area contributed by atoms with E-state index < -0.39 is 146 Å². The lowest BCUT2D eigenvalue weighted by Crippen LogP contribution is -2.03. The van der Waals surface area contributed by atoms with E-state index in [1.54, 1.807) is 0 Å². The van der Waals surface area contributed by atoms with Gasteiger partial charge in [-0.25, -0.2) is 10.5 Å². The maximum absolute atomic E-state index is 12.8. The number of benzene rings is 8. The quantitative estimate of drug-likeness (QED) is 0.00467. The molecule has 436 valence electrons. The first-order valence-corrected chi connectivity index (χ1v) is 28.4. The largest absolute Gasteiger partial charge is 0.505 e. The van der Waals surface area contributed by atoms with Gasteiger partial charge in [-0.1, -0.05) is 10.1 Å². The molecule has 8 rings (SSSR count). The topological polar surface area (TPSA) is 559 Å². The Balaban J connectivity index is 1.18. The molecule has 11 N–H and O–H groups in total. The molecule has 0 heterocycles. The first-order chi connectivity index (χ1) is 39.6. The van der Waals surface area contributed by atoms with Crippen molar-refractivity contribution < 1.29 is 106 Å². The van der Waals surface area contributed by atoms with E-state index >= 15 is 0 Å². The highest BCUT2D eigenvalue weighted by Crippen LogP contribution is 2.51. The van der Waals surface area contributed by atoms with Gasteiger partial charge in [-0.15, -0.1) is 39.4 Å². The fraction of sp³-hybridized carbons (Fsp3) is 0. The van der Waals surface area contributed by atoms with Crippen LogP contribution >= 0.6 is 24.1 Å². The molecule has 84 heavy (non-hydrogen) atoms. The Morgan fingerprint density at radius 2 is 0.988 bits per heavy atom. The molecule has 0 aliphatic rings. The number of hydrogen-bond donors (Lipinski definition) is 10. The van der Waals surface area contributed by atoms with Crippen LogP contribution in [-0.2, 0) is 60.5 Å². The van der Waals surface area contributed by atoms with Gasteiger partial charge in [0.15, 0.2) is 28.7 Å². The predicted molar refractivity (Wildman–Crippen MR) is 286 cm³/mol. The summed E-state index contributed by atoms with van der Waals surface area (Å²) >= 11 is -2.73. The Morgan fingerprint density at radius 1 is 0.512 bits per heavy atom. The lowest BCUT2D eigenvalue weighted by molar-refractivity contribution is -0.432. The van der Waals surface area contributed by atoms with Crippen molar-refractivity contribution in [2.75, 3.05) is 5.73 Å². The molecule has 0 aromatic heterocycles. The third-order valence-corrected chi connectivity index (χ3v) is 15.2. The number of rotatable bonds is 21. The molecule has 0 aliphatic carbocycles. The van der Waals surface area contributed by atoms with Crippen LogP contribution in [0.2, 0.25) is 0 Å². The maximum atomic E-state index is 12.8. The number of phenols is 3. The number of nitrogens with zero attached hydrogens (tertiary/aromatic N) is 10. The lowest BCUT2D eigenvalue weighted by Gasteiger charge is -2.14. The Hall–Kier alpha value is -8.96. The number of nitro groups is 2. The number of phenolic OH excluding ortho intramolecular Hbond substituents is 3. The number of aromatic hydroxyl groups is 3. The molecule has 1 atom stereocenters. The first kappa shape index (κ1) is 61.1. The van der Waals surface area contributed by atoms with E-state index in [1.165, 1.54) is 24.3 Å². The van der Waals surface area contributed by atoms with Crippen molar-refractivity contribution in [3.05, 3.63) is 117 Å². The Kier molecular flexibility index (Phi) is 17.8. The van der Waals surface area contributed by atoms with Gasteiger partial charge in [0.05, 0.1) is 66.2 Å². The van der Waals surface area contributed by atoms with Crippen molar-refractivity contribution >= 4 is 161 Å². The van der Waals surface area contributed by atoms with Gasteiger partial charge >= 0.3 is 11.4 Å². The molecule has 8 aromatic carbocycles. The summed E-state index contributed by atoms with van der Waals surface area (Å²) in [5, 5.41) is 111. The van der Waals surface area contributed by atoms with E-state index in [0.29, 0.717) is 12.1 Å². The van der Waals surface area contributed by atoms with E-state index in [0.717, 1.165) is 60.7 Å². The fourth-order valence-corrected chi connectivity index (χ4v) is 10.7. The van der Waals surface area contributed by atoms with E-state index in [4.69, 9.17) is 20.4 Å². The number of anilines is 1. The van der Waals surface area contributed by atoms with Crippen molar-refractivity contribution in [3.63, 3.8) is 0 Å². The second-order valence-corrected chi connectivity index (χ2v) is 22.3. The third-order valence-electron chi connectivity index (χ3n) is 11.0. The minimum Gasteiger partial charge on any atom is -0.505 e. The number of azo groups is 4. The van der Waals surface area contributed by atoms with Crippen LogP contribution < -0.4 is 9.92 Å². The molecule has 0 bridgehead atoms. The summed E-state index contributed by atoms with van der Waals surface area (Å²) in [4.78, 5) is 17.3. The molecule has 0 aliphatic heterocycles. The summed E-state index contributed by atoms with van der Waals surface area (Å²) in [7, 11) is -15.7. The van der Waals surface area contributed by atoms with Gasteiger partial charge in [0, 0.05) is 35.0 Å². The molecule has 8 aromatic rings. The smallest absolute Gasteiger partial charge is 0.357 e. The summed E-state index contributed by atoms with van der Waals surface area (Å²) in [6.45, 7) is 0. The molecule has 0 radical (unpaired) electrons. The van der Waals surface area contributed by atoms with Gasteiger partial charge < -0.3 is 25.2 Å². The molecule has 0 fully saturated rings. The number of fused-ring (bicyclic) bond motifs is 3.